The van der Waals surface area contributed by atoms with Crippen LogP contribution in [0.1, 0.15) is 17.2 Å². The van der Waals surface area contributed by atoms with Gasteiger partial charge in [-0.15, -0.1) is 0 Å². The highest BCUT2D eigenvalue weighted by Crippen LogP contribution is 2.53. The number of para-hydroxylation sites is 1. The first kappa shape index (κ1) is 22.4. The summed E-state index contributed by atoms with van der Waals surface area (Å²) in [4.78, 5) is 44.6. The first-order valence-corrected chi connectivity index (χ1v) is 12.0. The number of methoxy groups -OCH3 is 1. The predicted octanol–water partition coefficient (Wildman–Crippen LogP) is 4.50. The van der Waals surface area contributed by atoms with E-state index in [-0.39, 0.29) is 11.8 Å². The maximum atomic E-state index is 13.8. The molecule has 0 aliphatic carbocycles. The summed E-state index contributed by atoms with van der Waals surface area (Å²) in [6, 6.07) is 20.2. The fourth-order valence-electron chi connectivity index (χ4n) is 5.67. The van der Waals surface area contributed by atoms with E-state index in [9.17, 15) is 14.4 Å². The highest BCUT2D eigenvalue weighted by atomic mass is 35.5. The van der Waals surface area contributed by atoms with Gasteiger partial charge in [0.15, 0.2) is 0 Å². The monoisotopic (exact) mass is 499 g/mol. The fourth-order valence-corrected chi connectivity index (χ4v) is 5.85. The van der Waals surface area contributed by atoms with Crippen molar-refractivity contribution in [1.29, 1.82) is 0 Å². The number of rotatable bonds is 4. The Morgan fingerprint density at radius 1 is 0.944 bits per heavy atom. The lowest BCUT2D eigenvalue weighted by molar-refractivity contribution is -0.128. The Balaban J connectivity index is 1.45. The van der Waals surface area contributed by atoms with E-state index in [4.69, 9.17) is 16.3 Å². The summed E-state index contributed by atoms with van der Waals surface area (Å²) >= 11 is 6.17. The van der Waals surface area contributed by atoms with Crippen LogP contribution in [0.15, 0.2) is 79.0 Å². The maximum Gasteiger partial charge on any atom is 0.248 e. The van der Waals surface area contributed by atoms with Crippen LogP contribution >= 0.6 is 11.6 Å². The standard InChI is InChI=1S/C28H22ClN3O4/c1-36-21-12-11-17(29)15-20(21)30-26(33)25-23-22(24-19-10-6-5-7-16(19)13-14-31(24)25)27(34)32(28(23)35)18-8-3-2-4-9-18/h2-15,22-25H,1H3,(H,30,33)/t22-,23+,24-,25-/m0/s1. The van der Waals surface area contributed by atoms with Crippen molar-refractivity contribution in [2.24, 2.45) is 11.8 Å². The van der Waals surface area contributed by atoms with E-state index >= 15 is 0 Å². The summed E-state index contributed by atoms with van der Waals surface area (Å²) < 4.78 is 5.39. The molecule has 180 valence electrons. The number of carbonyl (C=O) groups excluding carboxylic acids is 3. The number of amides is 3. The van der Waals surface area contributed by atoms with Crippen LogP contribution in [0.5, 0.6) is 5.75 Å². The van der Waals surface area contributed by atoms with E-state index in [0.717, 1.165) is 11.1 Å². The molecule has 36 heavy (non-hydrogen) atoms. The Bertz CT molecular complexity index is 1420. The Hall–Kier alpha value is -4.10. The number of anilines is 2. The third-order valence-corrected chi connectivity index (χ3v) is 7.40. The summed E-state index contributed by atoms with van der Waals surface area (Å²) in [5.41, 5.74) is 2.78. The SMILES string of the molecule is COc1ccc(Cl)cc1NC(=O)[C@@H]1[C@@H]2C(=O)N(c3ccccc3)C(=O)[C@@H]2[C@@H]2c3ccccc3C=CN12. The van der Waals surface area contributed by atoms with Crippen molar-refractivity contribution in [2.75, 3.05) is 17.3 Å². The molecule has 3 aliphatic heterocycles. The molecule has 3 amide bonds. The summed E-state index contributed by atoms with van der Waals surface area (Å²) in [6.07, 6.45) is 3.73. The molecule has 0 aromatic heterocycles. The molecule has 3 aliphatic rings. The number of benzene rings is 3. The molecular weight excluding hydrogens is 478 g/mol. The average Bonchev–Trinajstić information content (AvgIpc) is 3.37. The third kappa shape index (κ3) is 3.31. The van der Waals surface area contributed by atoms with Crippen LogP contribution in [0.2, 0.25) is 5.02 Å². The first-order valence-electron chi connectivity index (χ1n) is 11.6. The van der Waals surface area contributed by atoms with Gasteiger partial charge < -0.3 is 15.0 Å². The van der Waals surface area contributed by atoms with E-state index in [1.807, 2.05) is 47.5 Å². The molecule has 0 unspecified atom stereocenters. The van der Waals surface area contributed by atoms with Crippen molar-refractivity contribution in [3.8, 4) is 5.75 Å². The molecule has 2 fully saturated rings. The second kappa shape index (κ2) is 8.53. The second-order valence-electron chi connectivity index (χ2n) is 9.01. The van der Waals surface area contributed by atoms with Crippen molar-refractivity contribution >= 4 is 46.8 Å². The molecule has 3 heterocycles. The minimum absolute atomic E-state index is 0.299. The minimum atomic E-state index is -0.904. The molecule has 4 atom stereocenters. The van der Waals surface area contributed by atoms with Crippen molar-refractivity contribution in [3.05, 3.63) is 95.1 Å². The molecule has 6 rings (SSSR count). The van der Waals surface area contributed by atoms with Gasteiger partial charge in [0.05, 0.1) is 36.4 Å². The minimum Gasteiger partial charge on any atom is -0.495 e. The van der Waals surface area contributed by atoms with Gasteiger partial charge in [-0.2, -0.15) is 0 Å². The molecule has 0 bridgehead atoms. The van der Waals surface area contributed by atoms with Crippen LogP contribution in [0.25, 0.3) is 6.08 Å². The van der Waals surface area contributed by atoms with Crippen molar-refractivity contribution in [2.45, 2.75) is 12.1 Å². The number of hydrogen-bond acceptors (Lipinski definition) is 5. The van der Waals surface area contributed by atoms with E-state index in [2.05, 4.69) is 5.32 Å². The molecule has 0 radical (unpaired) electrons. The predicted molar refractivity (Wildman–Crippen MR) is 136 cm³/mol. The van der Waals surface area contributed by atoms with E-state index in [1.165, 1.54) is 12.0 Å². The molecule has 3 aromatic carbocycles. The molecule has 7 nitrogen and oxygen atoms in total. The van der Waals surface area contributed by atoms with E-state index in [0.29, 0.717) is 22.1 Å². The van der Waals surface area contributed by atoms with Gasteiger partial charge in [-0.05, 0) is 47.5 Å². The summed E-state index contributed by atoms with van der Waals surface area (Å²) in [5, 5.41) is 3.33. The van der Waals surface area contributed by atoms with Gasteiger partial charge in [-0.25, -0.2) is 4.90 Å². The molecule has 0 saturated carbocycles. The van der Waals surface area contributed by atoms with Gasteiger partial charge >= 0.3 is 0 Å². The van der Waals surface area contributed by atoms with Crippen LogP contribution in [0.4, 0.5) is 11.4 Å². The van der Waals surface area contributed by atoms with Gasteiger partial charge in [0.2, 0.25) is 17.7 Å². The van der Waals surface area contributed by atoms with Gasteiger partial charge in [-0.1, -0.05) is 54.1 Å². The number of nitrogens with zero attached hydrogens (tertiary/aromatic N) is 2. The van der Waals surface area contributed by atoms with E-state index in [1.54, 1.807) is 42.5 Å². The smallest absolute Gasteiger partial charge is 0.248 e. The number of imide groups is 1. The van der Waals surface area contributed by atoms with Crippen molar-refractivity contribution in [3.63, 3.8) is 0 Å². The normalized spacial score (nSPS) is 23.8. The Kier molecular flexibility index (Phi) is 5.30. The number of nitrogens with one attached hydrogen (secondary N) is 1. The van der Waals surface area contributed by atoms with Crippen molar-refractivity contribution in [1.82, 2.24) is 4.90 Å². The van der Waals surface area contributed by atoms with Gasteiger partial charge in [-0.3, -0.25) is 14.4 Å². The average molecular weight is 500 g/mol. The number of ether oxygens (including phenoxy) is 1. The molecular formula is C28H22ClN3O4. The zero-order valence-electron chi connectivity index (χ0n) is 19.3. The lowest BCUT2D eigenvalue weighted by Gasteiger charge is -2.35. The van der Waals surface area contributed by atoms with Crippen LogP contribution < -0.4 is 15.0 Å². The molecule has 1 N–H and O–H groups in total. The molecule has 3 aromatic rings. The molecule has 8 heteroatoms. The quantitative estimate of drug-likeness (QED) is 0.535. The Morgan fingerprint density at radius 2 is 1.67 bits per heavy atom. The number of fused-ring (bicyclic) bond motifs is 5. The number of carbonyl (C=O) groups is 3. The third-order valence-electron chi connectivity index (χ3n) is 7.16. The largest absolute Gasteiger partial charge is 0.495 e. The molecule has 2 saturated heterocycles. The maximum absolute atomic E-state index is 13.8. The Morgan fingerprint density at radius 3 is 2.44 bits per heavy atom. The van der Waals surface area contributed by atoms with E-state index < -0.39 is 29.8 Å². The van der Waals surface area contributed by atoms with Gasteiger partial charge in [0.25, 0.3) is 0 Å². The van der Waals surface area contributed by atoms with Crippen LogP contribution in [-0.2, 0) is 14.4 Å². The summed E-state index contributed by atoms with van der Waals surface area (Å²) in [5.74, 6) is -2.21. The van der Waals surface area contributed by atoms with Crippen LogP contribution in [0, 0.1) is 11.8 Å². The summed E-state index contributed by atoms with van der Waals surface area (Å²) in [6.45, 7) is 0. The topological polar surface area (TPSA) is 79.0 Å². The van der Waals surface area contributed by atoms with Gasteiger partial charge in [0.1, 0.15) is 11.8 Å². The number of halogens is 1. The van der Waals surface area contributed by atoms with Crippen LogP contribution in [-0.4, -0.2) is 35.8 Å². The Labute approximate surface area is 212 Å². The lowest BCUT2D eigenvalue weighted by Crippen LogP contribution is -2.46. The second-order valence-corrected chi connectivity index (χ2v) is 9.45. The highest BCUT2D eigenvalue weighted by molar-refractivity contribution is 6.31. The summed E-state index contributed by atoms with van der Waals surface area (Å²) in [7, 11) is 1.50. The van der Waals surface area contributed by atoms with Gasteiger partial charge in [0, 0.05) is 11.2 Å². The highest BCUT2D eigenvalue weighted by Gasteiger charge is 2.64. The lowest BCUT2D eigenvalue weighted by atomic mass is 9.84. The zero-order chi connectivity index (χ0) is 25.0. The first-order chi connectivity index (χ1) is 17.5. The van der Waals surface area contributed by atoms with Crippen molar-refractivity contribution < 1.29 is 19.1 Å². The number of hydrogen-bond donors (Lipinski definition) is 1. The van der Waals surface area contributed by atoms with Crippen LogP contribution in [0.3, 0.4) is 0 Å². The molecule has 0 spiro atoms. The zero-order valence-corrected chi connectivity index (χ0v) is 20.1. The fraction of sp³-hybridized carbons (Fsp3) is 0.179.